The van der Waals surface area contributed by atoms with Crippen LogP contribution in [0.15, 0.2) is 52.3 Å². The minimum atomic E-state index is 0.985. The predicted molar refractivity (Wildman–Crippen MR) is 86.7 cm³/mol. The lowest BCUT2D eigenvalue weighted by molar-refractivity contribution is 0.828. The van der Waals surface area contributed by atoms with E-state index >= 15 is 0 Å². The van der Waals surface area contributed by atoms with Crippen LogP contribution in [-0.2, 0) is 0 Å². The van der Waals surface area contributed by atoms with Crippen molar-refractivity contribution in [3.8, 4) is 11.8 Å². The Morgan fingerprint density at radius 1 is 1.05 bits per heavy atom. The van der Waals surface area contributed by atoms with Gasteiger partial charge in [-0.3, -0.25) is 0 Å². The fourth-order valence-corrected chi connectivity index (χ4v) is 3.12. The number of hydrogen-bond donors (Lipinski definition) is 1. The van der Waals surface area contributed by atoms with E-state index in [4.69, 9.17) is 0 Å². The second-order valence-corrected chi connectivity index (χ2v) is 5.92. The van der Waals surface area contributed by atoms with Crippen molar-refractivity contribution in [2.75, 3.05) is 5.32 Å². The Balaban J connectivity index is 1.82. The van der Waals surface area contributed by atoms with Gasteiger partial charge in [0.05, 0.1) is 11.4 Å². The van der Waals surface area contributed by atoms with Crippen molar-refractivity contribution in [3.63, 3.8) is 0 Å². The summed E-state index contributed by atoms with van der Waals surface area (Å²) in [7, 11) is 0. The number of fused-ring (bicyclic) bond motifs is 2. The molecule has 0 saturated carbocycles. The maximum atomic E-state index is 3.49. The Hall–Kier alpha value is -1.85. The highest BCUT2D eigenvalue weighted by Gasteiger charge is 2.14. The first-order chi connectivity index (χ1) is 9.86. The molecule has 1 heterocycles. The first-order valence-corrected chi connectivity index (χ1v) is 7.85. The summed E-state index contributed by atoms with van der Waals surface area (Å²) in [5.74, 6) is 6.50. The molecule has 1 aliphatic heterocycles. The van der Waals surface area contributed by atoms with E-state index in [9.17, 15) is 0 Å². The van der Waals surface area contributed by atoms with E-state index in [1.807, 2.05) is 11.8 Å². The van der Waals surface area contributed by atoms with Crippen LogP contribution in [0.4, 0.5) is 11.4 Å². The zero-order valence-electron chi connectivity index (χ0n) is 11.6. The molecule has 0 spiro atoms. The average molecular weight is 279 g/mol. The van der Waals surface area contributed by atoms with Crippen LogP contribution < -0.4 is 5.32 Å². The number of para-hydroxylation sites is 1. The Bertz CT molecular complexity index is 679. The van der Waals surface area contributed by atoms with Crippen LogP contribution in [0.25, 0.3) is 0 Å². The van der Waals surface area contributed by atoms with Gasteiger partial charge in [-0.05, 0) is 36.8 Å². The van der Waals surface area contributed by atoms with Crippen LogP contribution in [0, 0.1) is 11.8 Å². The van der Waals surface area contributed by atoms with Crippen LogP contribution in [-0.4, -0.2) is 0 Å². The molecule has 2 heteroatoms. The van der Waals surface area contributed by atoms with E-state index < -0.39 is 0 Å². The minimum absolute atomic E-state index is 0.985. The molecule has 0 saturated heterocycles. The summed E-state index contributed by atoms with van der Waals surface area (Å²) >= 11 is 1.81. The summed E-state index contributed by atoms with van der Waals surface area (Å²) in [6.45, 7) is 2.19. The van der Waals surface area contributed by atoms with Gasteiger partial charge in [-0.1, -0.05) is 49.1 Å². The summed E-state index contributed by atoms with van der Waals surface area (Å²) in [5.41, 5.74) is 3.43. The second kappa shape index (κ2) is 6.07. The molecular formula is C18H17NS. The molecule has 2 aromatic carbocycles. The van der Waals surface area contributed by atoms with Crippen LogP contribution in [0.5, 0.6) is 0 Å². The fraction of sp³-hybridized carbons (Fsp3) is 0.222. The smallest absolute Gasteiger partial charge is 0.0538 e. The number of hydrogen-bond acceptors (Lipinski definition) is 2. The quantitative estimate of drug-likeness (QED) is 0.495. The maximum Gasteiger partial charge on any atom is 0.0538 e. The third-order valence-corrected chi connectivity index (χ3v) is 4.40. The van der Waals surface area contributed by atoms with E-state index in [1.165, 1.54) is 28.3 Å². The standard InChI is InChI=1S/C18H17NS/c1-2-3-4-5-8-14-11-12-18-16(13-14)19-15-9-6-7-10-17(15)20-18/h6-7,9-13,19H,2-4H2,1H3. The van der Waals surface area contributed by atoms with Gasteiger partial charge in [0.2, 0.25) is 0 Å². The van der Waals surface area contributed by atoms with E-state index in [0.29, 0.717) is 0 Å². The van der Waals surface area contributed by atoms with E-state index in [1.54, 1.807) is 0 Å². The van der Waals surface area contributed by atoms with Gasteiger partial charge in [-0.15, -0.1) is 0 Å². The molecule has 1 nitrogen and oxygen atoms in total. The lowest BCUT2D eigenvalue weighted by Gasteiger charge is -2.20. The summed E-state index contributed by atoms with van der Waals surface area (Å²) in [4.78, 5) is 2.55. The molecule has 0 bridgehead atoms. The molecule has 0 aromatic heterocycles. The molecule has 0 aliphatic carbocycles. The molecule has 1 aliphatic rings. The van der Waals surface area contributed by atoms with Crippen molar-refractivity contribution in [1.82, 2.24) is 0 Å². The van der Waals surface area contributed by atoms with Gasteiger partial charge < -0.3 is 5.32 Å². The lowest BCUT2D eigenvalue weighted by atomic mass is 10.1. The number of rotatable bonds is 2. The number of anilines is 2. The summed E-state index contributed by atoms with van der Waals surface area (Å²) in [6.07, 6.45) is 3.37. The largest absolute Gasteiger partial charge is 0.354 e. The molecule has 0 atom stereocenters. The first kappa shape index (κ1) is 13.1. The third-order valence-electron chi connectivity index (χ3n) is 3.24. The van der Waals surface area contributed by atoms with Crippen LogP contribution >= 0.6 is 11.8 Å². The molecule has 20 heavy (non-hydrogen) atoms. The summed E-state index contributed by atoms with van der Waals surface area (Å²) < 4.78 is 0. The van der Waals surface area contributed by atoms with Gasteiger partial charge in [0.15, 0.2) is 0 Å². The van der Waals surface area contributed by atoms with Gasteiger partial charge >= 0.3 is 0 Å². The first-order valence-electron chi connectivity index (χ1n) is 7.03. The maximum absolute atomic E-state index is 3.49. The number of nitrogens with one attached hydrogen (secondary N) is 1. The van der Waals surface area contributed by atoms with Crippen molar-refractivity contribution in [3.05, 3.63) is 48.0 Å². The van der Waals surface area contributed by atoms with E-state index in [0.717, 1.165) is 17.7 Å². The van der Waals surface area contributed by atoms with Crippen molar-refractivity contribution in [2.24, 2.45) is 0 Å². The van der Waals surface area contributed by atoms with Gasteiger partial charge in [-0.2, -0.15) is 0 Å². The zero-order valence-corrected chi connectivity index (χ0v) is 12.4. The minimum Gasteiger partial charge on any atom is -0.354 e. The normalized spacial score (nSPS) is 11.7. The highest BCUT2D eigenvalue weighted by atomic mass is 32.2. The van der Waals surface area contributed by atoms with Crippen molar-refractivity contribution in [1.29, 1.82) is 0 Å². The Labute approximate surface area is 124 Å². The molecule has 0 amide bonds. The molecule has 2 aromatic rings. The Morgan fingerprint density at radius 2 is 1.90 bits per heavy atom. The topological polar surface area (TPSA) is 12.0 Å². The summed E-state index contributed by atoms with van der Waals surface area (Å²) in [6, 6.07) is 14.8. The Kier molecular flexibility index (Phi) is 3.99. The predicted octanol–water partition coefficient (Wildman–Crippen LogP) is 5.44. The molecule has 100 valence electrons. The average Bonchev–Trinajstić information content (AvgIpc) is 2.49. The zero-order chi connectivity index (χ0) is 13.8. The molecular weight excluding hydrogens is 262 g/mol. The van der Waals surface area contributed by atoms with Crippen molar-refractivity contribution >= 4 is 23.1 Å². The van der Waals surface area contributed by atoms with Crippen molar-refractivity contribution in [2.45, 2.75) is 36.0 Å². The lowest BCUT2D eigenvalue weighted by Crippen LogP contribution is -1.99. The fourth-order valence-electron chi connectivity index (χ4n) is 2.15. The Morgan fingerprint density at radius 3 is 2.80 bits per heavy atom. The monoisotopic (exact) mass is 279 g/mol. The molecule has 0 radical (unpaired) electrons. The second-order valence-electron chi connectivity index (χ2n) is 4.84. The highest BCUT2D eigenvalue weighted by molar-refractivity contribution is 7.99. The highest BCUT2D eigenvalue weighted by Crippen LogP contribution is 2.43. The number of unbranched alkanes of at least 4 members (excludes halogenated alkanes) is 2. The van der Waals surface area contributed by atoms with Crippen molar-refractivity contribution < 1.29 is 0 Å². The van der Waals surface area contributed by atoms with Gasteiger partial charge in [-0.25, -0.2) is 0 Å². The number of benzene rings is 2. The van der Waals surface area contributed by atoms with Crippen LogP contribution in [0.3, 0.4) is 0 Å². The van der Waals surface area contributed by atoms with Gasteiger partial charge in [0, 0.05) is 21.8 Å². The van der Waals surface area contributed by atoms with Crippen LogP contribution in [0.2, 0.25) is 0 Å². The third kappa shape index (κ3) is 2.84. The van der Waals surface area contributed by atoms with Gasteiger partial charge in [0.1, 0.15) is 0 Å². The summed E-state index contributed by atoms with van der Waals surface area (Å²) in [5, 5.41) is 3.49. The van der Waals surface area contributed by atoms with Gasteiger partial charge in [0.25, 0.3) is 0 Å². The SMILES string of the molecule is CCCCC#Cc1ccc2c(c1)Nc1ccccc1S2. The van der Waals surface area contributed by atoms with Crippen LogP contribution in [0.1, 0.15) is 31.7 Å². The van der Waals surface area contributed by atoms with E-state index in [2.05, 4.69) is 66.5 Å². The molecule has 3 rings (SSSR count). The molecule has 1 N–H and O–H groups in total. The molecule has 0 fully saturated rings. The van der Waals surface area contributed by atoms with E-state index in [-0.39, 0.29) is 0 Å². The molecule has 0 unspecified atom stereocenters.